The second kappa shape index (κ2) is 1.92. The summed E-state index contributed by atoms with van der Waals surface area (Å²) in [6.45, 7) is 0.466. The Morgan fingerprint density at radius 2 is 2.62 bits per heavy atom. The van der Waals surface area contributed by atoms with Crippen LogP contribution in [0, 0.1) is 0 Å². The molecule has 2 N–H and O–H groups in total. The molecular weight excluding hydrogens is 104 g/mol. The second-order valence-electron chi connectivity index (χ2n) is 1.53. The van der Waals surface area contributed by atoms with Gasteiger partial charge in [-0.15, -0.1) is 0 Å². The Labute approximate surface area is 47.3 Å². The number of nitrogens with two attached hydrogens (primary N) is 1. The quantitative estimate of drug-likeness (QED) is 0.521. The molecule has 0 amide bonds. The molecule has 0 fully saturated rings. The van der Waals surface area contributed by atoms with Gasteiger partial charge >= 0.3 is 0 Å². The molecule has 0 saturated carbocycles. The number of hydrogen-bond donors (Lipinski definition) is 1. The normalized spacial score (nSPS) is 9.75. The van der Waals surface area contributed by atoms with Gasteiger partial charge in [-0.2, -0.15) is 15.0 Å². The summed E-state index contributed by atoms with van der Waals surface area (Å²) in [6.07, 6.45) is 1.65. The average Bonchev–Trinajstić information content (AvgIpc) is 2.14. The molecule has 1 aromatic rings. The average molecular weight is 112 g/mol. The summed E-state index contributed by atoms with van der Waals surface area (Å²) >= 11 is 0. The molecule has 4 heteroatoms. The van der Waals surface area contributed by atoms with Crippen molar-refractivity contribution >= 4 is 0 Å². The fraction of sp³-hybridized carbons (Fsp3) is 0.500. The summed E-state index contributed by atoms with van der Waals surface area (Å²) in [5.74, 6) is 0. The summed E-state index contributed by atoms with van der Waals surface area (Å²) in [5, 5.41) is 7.72. The summed E-state index contributed by atoms with van der Waals surface area (Å²) < 4.78 is 0. The molecule has 0 bridgehead atoms. The number of rotatable bonds is 1. The van der Waals surface area contributed by atoms with Crippen molar-refractivity contribution in [3.05, 3.63) is 11.9 Å². The Morgan fingerprint density at radius 1 is 1.88 bits per heavy atom. The smallest absolute Gasteiger partial charge is 0.0962 e. The monoisotopic (exact) mass is 112 g/mol. The Balaban J connectivity index is 2.84. The molecule has 1 rings (SSSR count). The summed E-state index contributed by atoms with van der Waals surface area (Å²) in [4.78, 5) is 1.49. The number of aryl methyl sites for hydroxylation is 1. The fourth-order valence-corrected chi connectivity index (χ4v) is 0.481. The molecule has 4 nitrogen and oxygen atoms in total. The van der Waals surface area contributed by atoms with Crippen molar-refractivity contribution in [2.45, 2.75) is 6.54 Å². The summed E-state index contributed by atoms with van der Waals surface area (Å²) in [6, 6.07) is 0. The van der Waals surface area contributed by atoms with E-state index in [0.29, 0.717) is 6.54 Å². The molecule has 1 aromatic heterocycles. The maximum absolute atomic E-state index is 5.25. The van der Waals surface area contributed by atoms with Crippen LogP contribution in [0.2, 0.25) is 0 Å². The Hall–Kier alpha value is -0.900. The summed E-state index contributed by atoms with van der Waals surface area (Å²) in [5.41, 5.74) is 6.07. The van der Waals surface area contributed by atoms with E-state index in [0.717, 1.165) is 5.69 Å². The Morgan fingerprint density at radius 3 is 2.88 bits per heavy atom. The van der Waals surface area contributed by atoms with Crippen LogP contribution in [0.15, 0.2) is 6.20 Å². The predicted molar refractivity (Wildman–Crippen MR) is 28.9 cm³/mol. The van der Waals surface area contributed by atoms with Gasteiger partial charge in [0, 0.05) is 13.6 Å². The first-order valence-electron chi connectivity index (χ1n) is 2.38. The minimum atomic E-state index is 0.466. The minimum absolute atomic E-state index is 0.466. The van der Waals surface area contributed by atoms with Crippen molar-refractivity contribution in [2.75, 3.05) is 0 Å². The van der Waals surface area contributed by atoms with Gasteiger partial charge in [0.25, 0.3) is 0 Å². The van der Waals surface area contributed by atoms with Gasteiger partial charge < -0.3 is 5.73 Å². The SMILES string of the molecule is Cn1ncc(CN)n1. The van der Waals surface area contributed by atoms with E-state index in [9.17, 15) is 0 Å². The minimum Gasteiger partial charge on any atom is -0.325 e. The first-order valence-corrected chi connectivity index (χ1v) is 2.38. The van der Waals surface area contributed by atoms with Crippen molar-refractivity contribution in [1.29, 1.82) is 0 Å². The van der Waals surface area contributed by atoms with Crippen molar-refractivity contribution in [1.82, 2.24) is 15.0 Å². The fourth-order valence-electron chi connectivity index (χ4n) is 0.481. The molecule has 1 heterocycles. The molecule has 0 unspecified atom stereocenters. The lowest BCUT2D eigenvalue weighted by molar-refractivity contribution is 0.645. The molecule has 0 aliphatic rings. The highest BCUT2D eigenvalue weighted by atomic mass is 15.4. The van der Waals surface area contributed by atoms with Gasteiger partial charge in [0.2, 0.25) is 0 Å². The highest BCUT2D eigenvalue weighted by molar-refractivity contribution is 4.88. The van der Waals surface area contributed by atoms with E-state index in [-0.39, 0.29) is 0 Å². The van der Waals surface area contributed by atoms with Crippen LogP contribution in [0.1, 0.15) is 5.69 Å². The van der Waals surface area contributed by atoms with E-state index in [1.165, 1.54) is 4.80 Å². The van der Waals surface area contributed by atoms with Crippen LogP contribution in [0.4, 0.5) is 0 Å². The standard InChI is InChI=1S/C4H8N4/c1-8-6-3-4(2-5)7-8/h3H,2,5H2,1H3. The lowest BCUT2D eigenvalue weighted by Crippen LogP contribution is -1.98. The predicted octanol–water partition coefficient (Wildman–Crippen LogP) is -0.726. The van der Waals surface area contributed by atoms with Crippen LogP contribution >= 0.6 is 0 Å². The van der Waals surface area contributed by atoms with Crippen molar-refractivity contribution in [2.24, 2.45) is 12.8 Å². The van der Waals surface area contributed by atoms with E-state index in [2.05, 4.69) is 10.2 Å². The number of aromatic nitrogens is 3. The van der Waals surface area contributed by atoms with E-state index in [1.807, 2.05) is 0 Å². The lowest BCUT2D eigenvalue weighted by atomic mass is 10.5. The zero-order valence-corrected chi connectivity index (χ0v) is 4.70. The third-order valence-corrected chi connectivity index (χ3v) is 0.856. The highest BCUT2D eigenvalue weighted by Gasteiger charge is 1.90. The van der Waals surface area contributed by atoms with Gasteiger partial charge in [0.1, 0.15) is 0 Å². The van der Waals surface area contributed by atoms with E-state index in [1.54, 1.807) is 13.2 Å². The number of nitrogens with zero attached hydrogens (tertiary/aromatic N) is 3. The first kappa shape index (κ1) is 5.24. The van der Waals surface area contributed by atoms with Gasteiger partial charge in [-0.25, -0.2) is 0 Å². The molecule has 0 aromatic carbocycles. The first-order chi connectivity index (χ1) is 3.83. The zero-order valence-electron chi connectivity index (χ0n) is 4.70. The van der Waals surface area contributed by atoms with E-state index >= 15 is 0 Å². The van der Waals surface area contributed by atoms with Crippen LogP contribution in [-0.2, 0) is 13.6 Å². The van der Waals surface area contributed by atoms with Crippen molar-refractivity contribution < 1.29 is 0 Å². The lowest BCUT2D eigenvalue weighted by Gasteiger charge is -1.81. The zero-order chi connectivity index (χ0) is 5.98. The van der Waals surface area contributed by atoms with Crippen LogP contribution in [0.5, 0.6) is 0 Å². The Kier molecular flexibility index (Phi) is 1.26. The Bertz CT molecular complexity index is 168. The second-order valence-corrected chi connectivity index (χ2v) is 1.53. The molecule has 0 saturated heterocycles. The largest absolute Gasteiger partial charge is 0.325 e. The van der Waals surface area contributed by atoms with Crippen LogP contribution < -0.4 is 5.73 Å². The van der Waals surface area contributed by atoms with E-state index < -0.39 is 0 Å². The molecule has 8 heavy (non-hydrogen) atoms. The van der Waals surface area contributed by atoms with Crippen LogP contribution in [0.25, 0.3) is 0 Å². The molecule has 0 aliphatic carbocycles. The van der Waals surface area contributed by atoms with Gasteiger partial charge in [-0.05, 0) is 0 Å². The van der Waals surface area contributed by atoms with Gasteiger partial charge in [-0.3, -0.25) is 0 Å². The molecule has 0 atom stereocenters. The third kappa shape index (κ3) is 0.840. The number of hydrogen-bond acceptors (Lipinski definition) is 3. The maximum Gasteiger partial charge on any atom is 0.0962 e. The topological polar surface area (TPSA) is 56.7 Å². The van der Waals surface area contributed by atoms with Gasteiger partial charge in [-0.1, -0.05) is 0 Å². The highest BCUT2D eigenvalue weighted by Crippen LogP contribution is 1.84. The third-order valence-electron chi connectivity index (χ3n) is 0.856. The summed E-state index contributed by atoms with van der Waals surface area (Å²) in [7, 11) is 1.76. The molecule has 44 valence electrons. The van der Waals surface area contributed by atoms with Gasteiger partial charge in [0.15, 0.2) is 0 Å². The molecule has 0 radical (unpaired) electrons. The van der Waals surface area contributed by atoms with Crippen LogP contribution in [-0.4, -0.2) is 15.0 Å². The van der Waals surface area contributed by atoms with Gasteiger partial charge in [0.05, 0.1) is 11.9 Å². The van der Waals surface area contributed by atoms with Crippen molar-refractivity contribution in [3.8, 4) is 0 Å². The van der Waals surface area contributed by atoms with Crippen molar-refractivity contribution in [3.63, 3.8) is 0 Å². The molecular formula is C4H8N4. The van der Waals surface area contributed by atoms with Crippen LogP contribution in [0.3, 0.4) is 0 Å². The van der Waals surface area contributed by atoms with E-state index in [4.69, 9.17) is 5.73 Å². The molecule has 0 spiro atoms. The maximum atomic E-state index is 5.25. The molecule has 0 aliphatic heterocycles.